The summed E-state index contributed by atoms with van der Waals surface area (Å²) in [6.45, 7) is 6.74. The Hall–Kier alpha value is -1.59. The van der Waals surface area contributed by atoms with Crippen LogP contribution in [0.1, 0.15) is 27.7 Å². The zero-order valence-corrected chi connectivity index (χ0v) is 13.4. The zero-order chi connectivity index (χ0) is 16.3. The molecule has 21 heavy (non-hydrogen) atoms. The van der Waals surface area contributed by atoms with Gasteiger partial charge >= 0.3 is 5.97 Å². The number of anilines is 1. The predicted molar refractivity (Wildman–Crippen MR) is 83.6 cm³/mol. The Morgan fingerprint density at radius 3 is 2.29 bits per heavy atom. The van der Waals surface area contributed by atoms with Crippen molar-refractivity contribution in [2.45, 2.75) is 33.2 Å². The summed E-state index contributed by atoms with van der Waals surface area (Å²) in [5, 5.41) is 15.4. The SMILES string of the molecule is CC(C)(NCC(=O)Nc1ccccc1Cl)C(C)(C)C(=O)O. The van der Waals surface area contributed by atoms with Crippen molar-refractivity contribution in [1.82, 2.24) is 5.32 Å². The van der Waals surface area contributed by atoms with Crippen molar-refractivity contribution in [3.8, 4) is 0 Å². The molecule has 1 amide bonds. The van der Waals surface area contributed by atoms with E-state index in [1.807, 2.05) is 0 Å². The van der Waals surface area contributed by atoms with Gasteiger partial charge < -0.3 is 15.7 Å². The lowest BCUT2D eigenvalue weighted by atomic mass is 9.74. The lowest BCUT2D eigenvalue weighted by Crippen LogP contribution is -2.56. The molecule has 0 spiro atoms. The number of nitrogens with one attached hydrogen (secondary N) is 2. The lowest BCUT2D eigenvalue weighted by Gasteiger charge is -2.38. The number of amides is 1. The fourth-order valence-corrected chi connectivity index (χ4v) is 1.73. The highest BCUT2D eigenvalue weighted by atomic mass is 35.5. The first-order valence-electron chi connectivity index (χ1n) is 6.61. The second kappa shape index (κ2) is 6.45. The first kappa shape index (κ1) is 17.5. The van der Waals surface area contributed by atoms with Crippen molar-refractivity contribution in [1.29, 1.82) is 0 Å². The number of para-hydroxylation sites is 1. The molecule has 0 bridgehead atoms. The van der Waals surface area contributed by atoms with Crippen LogP contribution in [0.25, 0.3) is 0 Å². The summed E-state index contributed by atoms with van der Waals surface area (Å²) >= 11 is 5.96. The van der Waals surface area contributed by atoms with Crippen LogP contribution in [0.3, 0.4) is 0 Å². The van der Waals surface area contributed by atoms with E-state index in [2.05, 4.69) is 10.6 Å². The lowest BCUT2D eigenvalue weighted by molar-refractivity contribution is -0.151. The molecule has 0 unspecified atom stereocenters. The Morgan fingerprint density at radius 1 is 1.19 bits per heavy atom. The second-order valence-corrected chi connectivity index (χ2v) is 6.34. The molecule has 3 N–H and O–H groups in total. The van der Waals surface area contributed by atoms with Crippen LogP contribution in [0.15, 0.2) is 24.3 Å². The first-order valence-corrected chi connectivity index (χ1v) is 6.98. The first-order chi connectivity index (χ1) is 9.58. The van der Waals surface area contributed by atoms with E-state index in [9.17, 15) is 14.7 Å². The topological polar surface area (TPSA) is 78.4 Å². The largest absolute Gasteiger partial charge is 0.481 e. The quantitative estimate of drug-likeness (QED) is 0.754. The maximum Gasteiger partial charge on any atom is 0.310 e. The van der Waals surface area contributed by atoms with Gasteiger partial charge in [-0.1, -0.05) is 23.7 Å². The number of benzene rings is 1. The normalized spacial score (nSPS) is 12.0. The smallest absolute Gasteiger partial charge is 0.310 e. The van der Waals surface area contributed by atoms with Crippen LogP contribution in [0.4, 0.5) is 5.69 Å². The summed E-state index contributed by atoms with van der Waals surface area (Å²) in [7, 11) is 0. The van der Waals surface area contributed by atoms with E-state index in [4.69, 9.17) is 11.6 Å². The molecule has 6 heteroatoms. The minimum atomic E-state index is -1.02. The zero-order valence-electron chi connectivity index (χ0n) is 12.7. The Balaban J connectivity index is 2.65. The standard InChI is InChI=1S/C15H21ClN2O3/c1-14(2,13(20)21)15(3,4)17-9-12(19)18-11-8-6-5-7-10(11)16/h5-8,17H,9H2,1-4H3,(H,18,19)(H,20,21). The highest BCUT2D eigenvalue weighted by Gasteiger charge is 2.43. The summed E-state index contributed by atoms with van der Waals surface area (Å²) in [5.74, 6) is -1.20. The molecule has 5 nitrogen and oxygen atoms in total. The average Bonchev–Trinajstić information content (AvgIpc) is 2.39. The van der Waals surface area contributed by atoms with Crippen molar-refractivity contribution in [2.24, 2.45) is 5.41 Å². The van der Waals surface area contributed by atoms with Crippen molar-refractivity contribution in [3.05, 3.63) is 29.3 Å². The van der Waals surface area contributed by atoms with Crippen molar-refractivity contribution >= 4 is 29.2 Å². The number of hydrogen-bond donors (Lipinski definition) is 3. The van der Waals surface area contributed by atoms with E-state index in [0.717, 1.165) is 0 Å². The minimum Gasteiger partial charge on any atom is -0.481 e. The Morgan fingerprint density at radius 2 is 1.76 bits per heavy atom. The van der Waals surface area contributed by atoms with Crippen LogP contribution in [-0.2, 0) is 9.59 Å². The van der Waals surface area contributed by atoms with Gasteiger partial charge in [-0.3, -0.25) is 9.59 Å². The Kier molecular flexibility index (Phi) is 5.36. The number of hydrogen-bond acceptors (Lipinski definition) is 3. The van der Waals surface area contributed by atoms with Crippen LogP contribution in [0.5, 0.6) is 0 Å². The number of carbonyl (C=O) groups excluding carboxylic acids is 1. The molecule has 0 heterocycles. The molecule has 1 rings (SSSR count). The van der Waals surface area contributed by atoms with Gasteiger partial charge in [-0.05, 0) is 39.8 Å². The highest BCUT2D eigenvalue weighted by molar-refractivity contribution is 6.33. The van der Waals surface area contributed by atoms with Crippen LogP contribution in [0.2, 0.25) is 5.02 Å². The number of halogens is 1. The van der Waals surface area contributed by atoms with E-state index in [1.54, 1.807) is 52.0 Å². The third kappa shape index (κ3) is 4.19. The van der Waals surface area contributed by atoms with Crippen molar-refractivity contribution in [3.63, 3.8) is 0 Å². The number of carboxylic acid groups (broad SMARTS) is 1. The predicted octanol–water partition coefficient (Wildman–Crippen LogP) is 2.76. The van der Waals surface area contributed by atoms with Gasteiger partial charge in [-0.25, -0.2) is 0 Å². The van der Waals surface area contributed by atoms with Crippen LogP contribution < -0.4 is 10.6 Å². The molecule has 0 saturated carbocycles. The molecule has 0 aliphatic rings. The van der Waals surface area contributed by atoms with Gasteiger partial charge in [0.2, 0.25) is 5.91 Å². The number of rotatable bonds is 6. The molecule has 0 aliphatic carbocycles. The molecule has 0 aliphatic heterocycles. The Bertz CT molecular complexity index is 541. The Labute approximate surface area is 129 Å². The summed E-state index contributed by atoms with van der Waals surface area (Å²) in [6, 6.07) is 6.93. The van der Waals surface area contributed by atoms with E-state index in [0.29, 0.717) is 10.7 Å². The third-order valence-electron chi connectivity index (χ3n) is 3.94. The number of aliphatic carboxylic acids is 1. The molecule has 0 fully saturated rings. The van der Waals surface area contributed by atoms with Gasteiger partial charge in [0.25, 0.3) is 0 Å². The van der Waals surface area contributed by atoms with E-state index >= 15 is 0 Å². The van der Waals surface area contributed by atoms with Gasteiger partial charge in [0, 0.05) is 5.54 Å². The summed E-state index contributed by atoms with van der Waals surface area (Å²) in [5.41, 5.74) is -1.24. The molecule has 0 aromatic heterocycles. The maximum atomic E-state index is 11.9. The van der Waals surface area contributed by atoms with E-state index < -0.39 is 16.9 Å². The molecule has 116 valence electrons. The van der Waals surface area contributed by atoms with Gasteiger partial charge in [-0.2, -0.15) is 0 Å². The summed E-state index contributed by atoms with van der Waals surface area (Å²) in [4.78, 5) is 23.2. The molecule has 0 radical (unpaired) electrons. The monoisotopic (exact) mass is 312 g/mol. The average molecular weight is 313 g/mol. The fourth-order valence-electron chi connectivity index (χ4n) is 1.55. The van der Waals surface area contributed by atoms with Crippen LogP contribution in [0, 0.1) is 5.41 Å². The summed E-state index contributed by atoms with van der Waals surface area (Å²) < 4.78 is 0. The molecule has 0 atom stereocenters. The van der Waals surface area contributed by atoms with Crippen molar-refractivity contribution in [2.75, 3.05) is 11.9 Å². The fraction of sp³-hybridized carbons (Fsp3) is 0.467. The molecular formula is C15H21ClN2O3. The number of carboxylic acids is 1. The maximum absolute atomic E-state index is 11.9. The van der Waals surface area contributed by atoms with Crippen molar-refractivity contribution < 1.29 is 14.7 Å². The van der Waals surface area contributed by atoms with Gasteiger partial charge in [0.05, 0.1) is 22.7 Å². The second-order valence-electron chi connectivity index (χ2n) is 5.94. The molecular weight excluding hydrogens is 292 g/mol. The molecule has 0 saturated heterocycles. The number of carbonyl (C=O) groups is 2. The van der Waals surface area contributed by atoms with Crippen LogP contribution in [-0.4, -0.2) is 29.1 Å². The third-order valence-corrected chi connectivity index (χ3v) is 4.27. The van der Waals surface area contributed by atoms with Crippen LogP contribution >= 0.6 is 11.6 Å². The molecule has 1 aromatic rings. The van der Waals surface area contributed by atoms with Gasteiger partial charge in [-0.15, -0.1) is 0 Å². The summed E-state index contributed by atoms with van der Waals surface area (Å²) in [6.07, 6.45) is 0. The van der Waals surface area contributed by atoms with Gasteiger partial charge in [0.15, 0.2) is 0 Å². The molecule has 1 aromatic carbocycles. The van der Waals surface area contributed by atoms with Gasteiger partial charge in [0.1, 0.15) is 0 Å². The highest BCUT2D eigenvalue weighted by Crippen LogP contribution is 2.30. The van der Waals surface area contributed by atoms with E-state index in [1.165, 1.54) is 0 Å². The minimum absolute atomic E-state index is 0.00503. The van der Waals surface area contributed by atoms with E-state index in [-0.39, 0.29) is 12.5 Å².